The van der Waals surface area contributed by atoms with Gasteiger partial charge in [0, 0.05) is 23.1 Å². The van der Waals surface area contributed by atoms with Crippen molar-refractivity contribution in [2.75, 3.05) is 26.4 Å². The second-order valence-corrected chi connectivity index (χ2v) is 6.28. The van der Waals surface area contributed by atoms with Gasteiger partial charge in [0.15, 0.2) is 0 Å². The van der Waals surface area contributed by atoms with Crippen molar-refractivity contribution in [1.29, 1.82) is 0 Å². The number of aliphatic hydroxyl groups is 2. The summed E-state index contributed by atoms with van der Waals surface area (Å²) in [4.78, 5) is 0. The molecule has 0 radical (unpaired) electrons. The maximum Gasteiger partial charge on any atom is 0.0550 e. The van der Waals surface area contributed by atoms with Crippen LogP contribution in [0.5, 0.6) is 0 Å². The van der Waals surface area contributed by atoms with Crippen LogP contribution in [0.3, 0.4) is 0 Å². The van der Waals surface area contributed by atoms with Gasteiger partial charge < -0.3 is 14.9 Å². The Hall–Kier alpha value is -0.420. The molecule has 1 aliphatic heterocycles. The van der Waals surface area contributed by atoms with Crippen LogP contribution < -0.4 is 0 Å². The molecule has 0 aliphatic carbocycles. The highest BCUT2D eigenvalue weighted by molar-refractivity contribution is 9.10. The van der Waals surface area contributed by atoms with E-state index >= 15 is 0 Å². The van der Waals surface area contributed by atoms with Crippen LogP contribution in [-0.2, 0) is 10.2 Å². The molecule has 3 nitrogen and oxygen atoms in total. The van der Waals surface area contributed by atoms with Crippen molar-refractivity contribution in [3.8, 4) is 0 Å². The number of aliphatic hydroxyl groups excluding tert-OH is 2. The molecule has 19 heavy (non-hydrogen) atoms. The predicted molar refractivity (Wildman–Crippen MR) is 78.2 cm³/mol. The summed E-state index contributed by atoms with van der Waals surface area (Å²) in [5.41, 5.74) is 0.449. The number of hydrogen-bond donors (Lipinski definition) is 2. The van der Waals surface area contributed by atoms with Crippen LogP contribution in [0.4, 0.5) is 0 Å². The average molecular weight is 329 g/mol. The smallest absolute Gasteiger partial charge is 0.0550 e. The van der Waals surface area contributed by atoms with Gasteiger partial charge in [0.05, 0.1) is 13.2 Å². The number of halogens is 1. The molecule has 0 aromatic heterocycles. The van der Waals surface area contributed by atoms with Crippen LogP contribution in [0.1, 0.15) is 24.8 Å². The van der Waals surface area contributed by atoms with Gasteiger partial charge >= 0.3 is 0 Å². The molecule has 1 heterocycles. The lowest BCUT2D eigenvalue weighted by Gasteiger charge is -2.35. The summed E-state index contributed by atoms with van der Waals surface area (Å²) in [5.74, 6) is 0.507. The molecule has 0 atom stereocenters. The Labute approximate surface area is 122 Å². The molecule has 0 spiro atoms. The molecule has 106 valence electrons. The van der Waals surface area contributed by atoms with E-state index in [1.807, 2.05) is 24.3 Å². The third-order valence-electron chi connectivity index (χ3n) is 4.06. The monoisotopic (exact) mass is 328 g/mol. The number of hydrogen-bond acceptors (Lipinski definition) is 3. The highest BCUT2D eigenvalue weighted by Gasteiger charge is 2.34. The molecule has 1 aliphatic rings. The van der Waals surface area contributed by atoms with Gasteiger partial charge in [0.25, 0.3) is 0 Å². The van der Waals surface area contributed by atoms with Gasteiger partial charge in [-0.25, -0.2) is 0 Å². The fourth-order valence-corrected chi connectivity index (χ4v) is 3.20. The van der Waals surface area contributed by atoms with Crippen molar-refractivity contribution < 1.29 is 14.9 Å². The fourth-order valence-electron chi connectivity index (χ4n) is 2.80. The molecule has 0 saturated carbocycles. The molecule has 1 aromatic carbocycles. The zero-order chi connectivity index (χ0) is 13.7. The molecule has 0 unspecified atom stereocenters. The van der Waals surface area contributed by atoms with Crippen LogP contribution in [0.25, 0.3) is 0 Å². The van der Waals surface area contributed by atoms with Gasteiger partial charge in [-0.2, -0.15) is 0 Å². The summed E-state index contributed by atoms with van der Waals surface area (Å²) < 4.78 is 6.35. The normalized spacial score (nSPS) is 17.6. The maximum absolute atomic E-state index is 9.84. The molecule has 2 rings (SSSR count). The Bertz CT molecular complexity index is 398. The number of rotatable bonds is 5. The first-order valence-corrected chi connectivity index (χ1v) is 7.55. The second kappa shape index (κ2) is 6.84. The lowest BCUT2D eigenvalue weighted by Crippen LogP contribution is -2.38. The lowest BCUT2D eigenvalue weighted by atomic mass is 9.73. The first kappa shape index (κ1) is 15.0. The van der Waals surface area contributed by atoms with Crippen LogP contribution in [0.15, 0.2) is 28.7 Å². The topological polar surface area (TPSA) is 49.7 Å². The standard InChI is InChI=1S/C15H21BrO3/c16-14-3-1-2-13(8-14)15(10-17,11-18)9-12-4-6-19-7-5-12/h1-3,8,12,17-18H,4-7,9-11H2. The van der Waals surface area contributed by atoms with Gasteiger partial charge in [0.2, 0.25) is 0 Å². The summed E-state index contributed by atoms with van der Waals surface area (Å²) in [6.45, 7) is 1.51. The molecule has 1 saturated heterocycles. The minimum atomic E-state index is -0.550. The third-order valence-corrected chi connectivity index (χ3v) is 4.56. The Morgan fingerprint density at radius 3 is 2.47 bits per heavy atom. The molecule has 4 heteroatoms. The zero-order valence-electron chi connectivity index (χ0n) is 11.0. The van der Waals surface area contributed by atoms with Crippen LogP contribution in [0.2, 0.25) is 0 Å². The largest absolute Gasteiger partial charge is 0.395 e. The highest BCUT2D eigenvalue weighted by Crippen LogP contribution is 2.35. The van der Waals surface area contributed by atoms with Crippen molar-refractivity contribution in [2.45, 2.75) is 24.7 Å². The van der Waals surface area contributed by atoms with Gasteiger partial charge in [-0.15, -0.1) is 0 Å². The first-order valence-electron chi connectivity index (χ1n) is 6.76. The second-order valence-electron chi connectivity index (χ2n) is 5.37. The Kier molecular flexibility index (Phi) is 5.39. The molecule has 0 amide bonds. The summed E-state index contributed by atoms with van der Waals surface area (Å²) in [5, 5.41) is 19.7. The van der Waals surface area contributed by atoms with E-state index in [-0.39, 0.29) is 13.2 Å². The van der Waals surface area contributed by atoms with Crippen LogP contribution in [0, 0.1) is 5.92 Å². The summed E-state index contributed by atoms with van der Waals surface area (Å²) >= 11 is 3.45. The fraction of sp³-hybridized carbons (Fsp3) is 0.600. The molecule has 2 N–H and O–H groups in total. The van der Waals surface area contributed by atoms with Crippen molar-refractivity contribution in [2.24, 2.45) is 5.92 Å². The van der Waals surface area contributed by atoms with E-state index in [0.717, 1.165) is 42.5 Å². The Morgan fingerprint density at radius 2 is 1.89 bits per heavy atom. The summed E-state index contributed by atoms with van der Waals surface area (Å²) in [6, 6.07) is 7.88. The van der Waals surface area contributed by atoms with E-state index < -0.39 is 5.41 Å². The van der Waals surface area contributed by atoms with Crippen molar-refractivity contribution >= 4 is 15.9 Å². The summed E-state index contributed by atoms with van der Waals surface area (Å²) in [7, 11) is 0. The van der Waals surface area contributed by atoms with Gasteiger partial charge in [-0.3, -0.25) is 0 Å². The van der Waals surface area contributed by atoms with Crippen LogP contribution in [-0.4, -0.2) is 36.6 Å². The molecule has 1 fully saturated rings. The van der Waals surface area contributed by atoms with E-state index in [0.29, 0.717) is 5.92 Å². The van der Waals surface area contributed by atoms with Gasteiger partial charge in [-0.1, -0.05) is 28.1 Å². The highest BCUT2D eigenvalue weighted by atomic mass is 79.9. The van der Waals surface area contributed by atoms with E-state index in [1.165, 1.54) is 0 Å². The maximum atomic E-state index is 9.84. The van der Waals surface area contributed by atoms with E-state index in [9.17, 15) is 10.2 Å². The Morgan fingerprint density at radius 1 is 1.21 bits per heavy atom. The minimum absolute atomic E-state index is 0.0304. The predicted octanol–water partition coefficient (Wildman–Crippen LogP) is 2.49. The minimum Gasteiger partial charge on any atom is -0.395 e. The lowest BCUT2D eigenvalue weighted by molar-refractivity contribution is 0.0354. The average Bonchev–Trinajstić information content (AvgIpc) is 2.46. The molecule has 1 aromatic rings. The molecular formula is C15H21BrO3. The van der Waals surface area contributed by atoms with Gasteiger partial charge in [-0.05, 0) is 42.9 Å². The van der Waals surface area contributed by atoms with Gasteiger partial charge in [0.1, 0.15) is 0 Å². The van der Waals surface area contributed by atoms with E-state index in [4.69, 9.17) is 4.74 Å². The first-order chi connectivity index (χ1) is 9.20. The number of ether oxygens (including phenoxy) is 1. The molecular weight excluding hydrogens is 308 g/mol. The SMILES string of the molecule is OCC(CO)(CC1CCOCC1)c1cccc(Br)c1. The van der Waals surface area contributed by atoms with Crippen molar-refractivity contribution in [3.63, 3.8) is 0 Å². The van der Waals surface area contributed by atoms with Crippen molar-refractivity contribution in [3.05, 3.63) is 34.3 Å². The Balaban J connectivity index is 2.20. The van der Waals surface area contributed by atoms with Crippen LogP contribution >= 0.6 is 15.9 Å². The number of benzene rings is 1. The quantitative estimate of drug-likeness (QED) is 0.873. The van der Waals surface area contributed by atoms with Crippen molar-refractivity contribution in [1.82, 2.24) is 0 Å². The molecule has 0 bridgehead atoms. The van der Waals surface area contributed by atoms with E-state index in [2.05, 4.69) is 15.9 Å². The third kappa shape index (κ3) is 3.57. The summed E-state index contributed by atoms with van der Waals surface area (Å²) in [6.07, 6.45) is 2.82. The van der Waals surface area contributed by atoms with E-state index in [1.54, 1.807) is 0 Å². The zero-order valence-corrected chi connectivity index (χ0v) is 12.6.